The zero-order valence-corrected chi connectivity index (χ0v) is 21.9. The van der Waals surface area contributed by atoms with Gasteiger partial charge in [-0.2, -0.15) is 13.2 Å². The Morgan fingerprint density at radius 1 is 0.973 bits per heavy atom. The number of halogens is 5. The maximum absolute atomic E-state index is 13.7. The fraction of sp³-hybridized carbons (Fsp3) is 1.00. The van der Waals surface area contributed by atoms with E-state index in [9.17, 15) is 26.3 Å². The third kappa shape index (κ3) is 8.62. The Bertz CT molecular complexity index is 779. The number of ether oxygens (including phenoxy) is 2. The van der Waals surface area contributed by atoms with Crippen LogP contribution in [0.5, 0.6) is 0 Å². The van der Waals surface area contributed by atoms with Crippen molar-refractivity contribution in [2.75, 3.05) is 46.0 Å². The Labute approximate surface area is 220 Å². The first kappa shape index (κ1) is 29.7. The highest BCUT2D eigenvalue weighted by Crippen LogP contribution is 2.26. The molecule has 0 aromatic heterocycles. The van der Waals surface area contributed by atoms with Crippen LogP contribution in [0, 0.1) is 0 Å². The molecule has 0 aromatic rings. The van der Waals surface area contributed by atoms with E-state index in [0.717, 1.165) is 0 Å². The lowest BCUT2D eigenvalue weighted by Crippen LogP contribution is -2.76. The number of rotatable bonds is 8. The van der Waals surface area contributed by atoms with Crippen LogP contribution in [0.2, 0.25) is 0 Å². The van der Waals surface area contributed by atoms with Crippen molar-refractivity contribution in [3.05, 3.63) is 0 Å². The second-order valence-corrected chi connectivity index (χ2v) is 12.2. The number of morpholine rings is 1. The van der Waals surface area contributed by atoms with Crippen molar-refractivity contribution in [2.45, 2.75) is 80.8 Å². The van der Waals surface area contributed by atoms with Crippen LogP contribution >= 0.6 is 11.6 Å². The molecule has 17 heteroatoms. The molecule has 3 heterocycles. The summed E-state index contributed by atoms with van der Waals surface area (Å²) in [5, 5.41) is 14.9. The van der Waals surface area contributed by atoms with Crippen LogP contribution in [0.1, 0.15) is 32.1 Å². The van der Waals surface area contributed by atoms with Crippen molar-refractivity contribution in [1.29, 1.82) is 0 Å². The molecule has 37 heavy (non-hydrogen) atoms. The van der Waals surface area contributed by atoms with E-state index in [2.05, 4.69) is 26.6 Å². The van der Waals surface area contributed by atoms with E-state index in [4.69, 9.17) is 21.1 Å². The van der Waals surface area contributed by atoms with Gasteiger partial charge in [-0.1, -0.05) is 4.21 Å². The molecule has 4 fully saturated rings. The minimum atomic E-state index is -4.50. The second kappa shape index (κ2) is 13.0. The molecule has 0 bridgehead atoms. The van der Waals surface area contributed by atoms with E-state index >= 15 is 0 Å². The molecule has 3 aliphatic heterocycles. The van der Waals surface area contributed by atoms with Crippen molar-refractivity contribution < 1.29 is 35.8 Å². The molecule has 0 radical (unpaired) electrons. The normalized spacial score (nSPS) is 37.4. The van der Waals surface area contributed by atoms with Crippen LogP contribution in [0.15, 0.2) is 0 Å². The average molecular weight is 582 g/mol. The van der Waals surface area contributed by atoms with Gasteiger partial charge in [-0.3, -0.25) is 26.6 Å². The first-order valence-electron chi connectivity index (χ1n) is 12.6. The number of alkyl halides is 5. The molecule has 4 rings (SSSR count). The fourth-order valence-electron chi connectivity index (χ4n) is 4.98. The third-order valence-electron chi connectivity index (χ3n) is 6.96. The lowest BCUT2D eigenvalue weighted by atomic mass is 9.93. The topological polar surface area (TPSA) is 125 Å². The average Bonchev–Trinajstić information content (AvgIpc) is 2.85. The molecule has 216 valence electrons. The summed E-state index contributed by atoms with van der Waals surface area (Å²) in [7, 11) is -3.56. The summed E-state index contributed by atoms with van der Waals surface area (Å²) < 4.78 is 90.9. The summed E-state index contributed by atoms with van der Waals surface area (Å²) >= 11 is 6.07. The third-order valence-corrected chi connectivity index (χ3v) is 9.44. The lowest BCUT2D eigenvalue weighted by molar-refractivity contribution is -0.199. The van der Waals surface area contributed by atoms with Gasteiger partial charge in [0.1, 0.15) is 25.4 Å². The van der Waals surface area contributed by atoms with Crippen LogP contribution in [-0.4, -0.2) is 108 Å². The second-order valence-electron chi connectivity index (χ2n) is 9.74. The molecule has 0 aromatic carbocycles. The summed E-state index contributed by atoms with van der Waals surface area (Å²) in [6.07, 6.45) is -5.68. The van der Waals surface area contributed by atoms with Gasteiger partial charge in [0, 0.05) is 25.2 Å². The van der Waals surface area contributed by atoms with Crippen molar-refractivity contribution in [3.63, 3.8) is 0 Å². The van der Waals surface area contributed by atoms with Gasteiger partial charge in [0.05, 0.1) is 31.7 Å². The van der Waals surface area contributed by atoms with E-state index in [1.807, 2.05) is 0 Å². The van der Waals surface area contributed by atoms with Crippen LogP contribution in [0.25, 0.3) is 0 Å². The highest BCUT2D eigenvalue weighted by Gasteiger charge is 2.40. The van der Waals surface area contributed by atoms with Crippen molar-refractivity contribution in [3.8, 4) is 0 Å². The summed E-state index contributed by atoms with van der Waals surface area (Å²) in [5.74, 6) is 0. The van der Waals surface area contributed by atoms with Gasteiger partial charge in [0.25, 0.3) is 0 Å². The van der Waals surface area contributed by atoms with Gasteiger partial charge >= 0.3 is 6.18 Å². The molecule has 5 N–H and O–H groups in total. The van der Waals surface area contributed by atoms with Gasteiger partial charge in [-0.15, -0.1) is 20.2 Å². The van der Waals surface area contributed by atoms with E-state index in [-0.39, 0.29) is 12.1 Å². The van der Waals surface area contributed by atoms with Crippen LogP contribution < -0.4 is 26.6 Å². The SMILES string of the molecule is O=[S+]([O-])(N1CCOCC1)N1CCC(NC2NC(NC3CCC(F)C(Cl)C3)NC(OCC(F)(F)F)N2)CC1. The standard InChI is InChI=1S/C20H36ClF4N7O4S/c21-15-11-14(1-2-16(15)22)27-18-28-17(29-19(30-18)36-12-20(23,24)25)26-13-3-5-31(6-4-13)37(33,34)32-7-9-35-10-8-32/h13-19,26-30H,1-12H2. The molecule has 4 aliphatic rings. The maximum atomic E-state index is 13.7. The quantitative estimate of drug-likeness (QED) is 0.155. The zero-order valence-electron chi connectivity index (χ0n) is 20.4. The molecular formula is C20H36ClF4N7O4S. The molecule has 0 spiro atoms. The highest BCUT2D eigenvalue weighted by atomic mass is 35.5. The lowest BCUT2D eigenvalue weighted by Gasteiger charge is -2.44. The number of hydrogen-bond acceptors (Lipinski definition) is 9. The molecular weight excluding hydrogens is 546 g/mol. The predicted molar refractivity (Wildman–Crippen MR) is 127 cm³/mol. The van der Waals surface area contributed by atoms with Crippen LogP contribution in [0.4, 0.5) is 17.6 Å². The first-order valence-corrected chi connectivity index (χ1v) is 14.4. The van der Waals surface area contributed by atoms with Crippen molar-refractivity contribution >= 4 is 22.2 Å². The molecule has 0 amide bonds. The van der Waals surface area contributed by atoms with Gasteiger partial charge in [0.15, 0.2) is 6.35 Å². The molecule has 1 aliphatic carbocycles. The fourth-order valence-corrected chi connectivity index (χ4v) is 6.93. The Morgan fingerprint density at radius 2 is 1.57 bits per heavy atom. The number of nitrogens with one attached hydrogen (secondary N) is 5. The first-order chi connectivity index (χ1) is 17.5. The monoisotopic (exact) mass is 581 g/mol. The van der Waals surface area contributed by atoms with Gasteiger partial charge in [-0.05, 0) is 32.1 Å². The maximum Gasteiger partial charge on any atom is 0.411 e. The Balaban J connectivity index is 1.30. The predicted octanol–water partition coefficient (Wildman–Crippen LogP) is 0.132. The highest BCUT2D eigenvalue weighted by molar-refractivity contribution is 7.93. The minimum Gasteiger partial charge on any atom is -0.580 e. The molecule has 3 saturated heterocycles. The van der Waals surface area contributed by atoms with Gasteiger partial charge in [0.2, 0.25) is 10.6 Å². The molecule has 7 unspecified atom stereocenters. The van der Waals surface area contributed by atoms with Crippen LogP contribution in [0.3, 0.4) is 0 Å². The van der Waals surface area contributed by atoms with E-state index in [1.54, 1.807) is 0 Å². The number of hydrogen-bond donors (Lipinski definition) is 5. The summed E-state index contributed by atoms with van der Waals surface area (Å²) in [6.45, 7) is 0.605. The van der Waals surface area contributed by atoms with E-state index in [0.29, 0.717) is 71.5 Å². The Kier molecular flexibility index (Phi) is 10.4. The number of nitrogens with zero attached hydrogens (tertiary/aromatic N) is 2. The largest absolute Gasteiger partial charge is 0.580 e. The van der Waals surface area contributed by atoms with E-state index < -0.39 is 53.8 Å². The van der Waals surface area contributed by atoms with Gasteiger partial charge < -0.3 is 14.0 Å². The zero-order chi connectivity index (χ0) is 26.6. The van der Waals surface area contributed by atoms with Crippen LogP contribution in [-0.2, 0) is 24.3 Å². The van der Waals surface area contributed by atoms with E-state index in [1.165, 1.54) is 8.61 Å². The molecule has 7 atom stereocenters. The smallest absolute Gasteiger partial charge is 0.411 e. The summed E-state index contributed by atoms with van der Waals surface area (Å²) in [6, 6.07) is -0.215. The molecule has 11 nitrogen and oxygen atoms in total. The molecule has 1 saturated carbocycles. The minimum absolute atomic E-state index is 0.0858. The Morgan fingerprint density at radius 3 is 2.16 bits per heavy atom. The summed E-state index contributed by atoms with van der Waals surface area (Å²) in [4.78, 5) is 0. The summed E-state index contributed by atoms with van der Waals surface area (Å²) in [5.41, 5.74) is 0. The van der Waals surface area contributed by atoms with Crippen molar-refractivity contribution in [2.24, 2.45) is 0 Å². The number of piperidine rings is 1. The van der Waals surface area contributed by atoms with Crippen molar-refractivity contribution in [1.82, 2.24) is 35.2 Å². The Hall–Kier alpha value is -0.240. The van der Waals surface area contributed by atoms with Gasteiger partial charge in [-0.25, -0.2) is 4.39 Å².